The summed E-state index contributed by atoms with van der Waals surface area (Å²) >= 11 is 1.27. The van der Waals surface area contributed by atoms with E-state index in [1.165, 1.54) is 11.3 Å². The van der Waals surface area contributed by atoms with Crippen LogP contribution in [0.15, 0.2) is 48.5 Å². The molecule has 0 saturated heterocycles. The van der Waals surface area contributed by atoms with Crippen molar-refractivity contribution in [2.24, 2.45) is 0 Å². The number of hydrogen-bond acceptors (Lipinski definition) is 4. The number of carbonyl (C=O) groups is 2. The maximum absolute atomic E-state index is 12.0. The Morgan fingerprint density at radius 1 is 0.962 bits per heavy atom. The number of para-hydroxylation sites is 1. The van der Waals surface area contributed by atoms with Crippen LogP contribution in [0.4, 0.5) is 0 Å². The van der Waals surface area contributed by atoms with Crippen LogP contribution in [0.2, 0.25) is 0 Å². The second-order valence-electron chi connectivity index (χ2n) is 5.65. The average Bonchev–Trinajstić information content (AvgIpc) is 3.16. The van der Waals surface area contributed by atoms with Gasteiger partial charge in [-0.3, -0.25) is 4.40 Å². The Bertz CT molecular complexity index is 1170. The van der Waals surface area contributed by atoms with Gasteiger partial charge in [-0.1, -0.05) is 12.1 Å². The van der Waals surface area contributed by atoms with E-state index in [1.807, 2.05) is 24.3 Å². The number of ether oxygens (including phenoxy) is 1. The third kappa shape index (κ3) is 2.25. The molecule has 26 heavy (non-hydrogen) atoms. The van der Waals surface area contributed by atoms with Crippen LogP contribution in [-0.4, -0.2) is 33.7 Å². The lowest BCUT2D eigenvalue weighted by molar-refractivity contribution is 0.0655. The van der Waals surface area contributed by atoms with Crippen LogP contribution in [-0.2, 0) is 0 Å². The summed E-state index contributed by atoms with van der Waals surface area (Å²) in [6.45, 7) is 0. The molecule has 4 rings (SSSR count). The first kappa shape index (κ1) is 16.2. The number of methoxy groups -OCH3 is 1. The zero-order chi connectivity index (χ0) is 18.4. The van der Waals surface area contributed by atoms with E-state index in [9.17, 15) is 19.8 Å². The van der Waals surface area contributed by atoms with Gasteiger partial charge in [-0.25, -0.2) is 9.59 Å². The summed E-state index contributed by atoms with van der Waals surface area (Å²) in [7, 11) is 1.54. The van der Waals surface area contributed by atoms with Gasteiger partial charge in [0.05, 0.1) is 23.0 Å². The zero-order valence-corrected chi connectivity index (χ0v) is 14.4. The number of aromatic nitrogens is 1. The molecular weight excluding hydrogens is 354 g/mol. The highest BCUT2D eigenvalue weighted by Gasteiger charge is 2.30. The summed E-state index contributed by atoms with van der Waals surface area (Å²) in [6, 6.07) is 14.3. The number of rotatable bonds is 4. The van der Waals surface area contributed by atoms with Crippen molar-refractivity contribution in [1.29, 1.82) is 0 Å². The third-order valence-corrected chi connectivity index (χ3v) is 5.38. The SMILES string of the molecule is COc1ccc(-c2c(C(=O)O)c(C(=O)O)c3sc4ccccc4n23)cc1. The summed E-state index contributed by atoms with van der Waals surface area (Å²) in [4.78, 5) is 24.2. The molecule has 0 atom stereocenters. The van der Waals surface area contributed by atoms with Gasteiger partial charge < -0.3 is 14.9 Å². The van der Waals surface area contributed by atoms with Gasteiger partial charge in [0.15, 0.2) is 0 Å². The van der Waals surface area contributed by atoms with E-state index in [-0.39, 0.29) is 11.1 Å². The molecule has 2 heterocycles. The molecule has 0 bridgehead atoms. The lowest BCUT2D eigenvalue weighted by atomic mass is 10.0. The first-order chi connectivity index (χ1) is 12.5. The number of fused-ring (bicyclic) bond motifs is 3. The Morgan fingerprint density at radius 2 is 1.62 bits per heavy atom. The molecule has 4 aromatic rings. The summed E-state index contributed by atoms with van der Waals surface area (Å²) < 4.78 is 7.76. The Labute approximate surface area is 151 Å². The molecule has 0 unspecified atom stereocenters. The lowest BCUT2D eigenvalue weighted by Crippen LogP contribution is -2.06. The molecule has 0 aliphatic carbocycles. The predicted molar refractivity (Wildman–Crippen MR) is 98.7 cm³/mol. The zero-order valence-electron chi connectivity index (χ0n) is 13.6. The maximum atomic E-state index is 12.0. The van der Waals surface area contributed by atoms with Crippen LogP contribution in [0, 0.1) is 0 Å². The van der Waals surface area contributed by atoms with Crippen molar-refractivity contribution < 1.29 is 24.5 Å². The summed E-state index contributed by atoms with van der Waals surface area (Å²) in [5.41, 5.74) is 1.33. The van der Waals surface area contributed by atoms with Crippen LogP contribution in [0.3, 0.4) is 0 Å². The number of nitrogens with zero attached hydrogens (tertiary/aromatic N) is 1. The molecule has 0 radical (unpaired) electrons. The molecule has 6 nitrogen and oxygen atoms in total. The highest BCUT2D eigenvalue weighted by molar-refractivity contribution is 7.24. The fraction of sp³-hybridized carbons (Fsp3) is 0.0526. The van der Waals surface area contributed by atoms with E-state index < -0.39 is 11.9 Å². The van der Waals surface area contributed by atoms with Crippen molar-refractivity contribution in [3.05, 3.63) is 59.7 Å². The Morgan fingerprint density at radius 3 is 2.23 bits per heavy atom. The molecule has 2 N–H and O–H groups in total. The molecule has 0 aliphatic rings. The maximum Gasteiger partial charge on any atom is 0.339 e. The van der Waals surface area contributed by atoms with E-state index in [1.54, 1.807) is 35.8 Å². The molecule has 0 fully saturated rings. The topological polar surface area (TPSA) is 88.2 Å². The smallest absolute Gasteiger partial charge is 0.339 e. The lowest BCUT2D eigenvalue weighted by Gasteiger charge is -2.06. The fourth-order valence-electron chi connectivity index (χ4n) is 3.14. The fourth-order valence-corrected chi connectivity index (χ4v) is 4.33. The molecule has 0 saturated carbocycles. The largest absolute Gasteiger partial charge is 0.497 e. The molecule has 2 aromatic carbocycles. The van der Waals surface area contributed by atoms with E-state index in [2.05, 4.69) is 0 Å². The van der Waals surface area contributed by atoms with E-state index in [0.29, 0.717) is 21.8 Å². The normalized spacial score (nSPS) is 11.1. The first-order valence-electron chi connectivity index (χ1n) is 7.70. The van der Waals surface area contributed by atoms with Crippen molar-refractivity contribution in [2.45, 2.75) is 0 Å². The quantitative estimate of drug-likeness (QED) is 0.564. The minimum atomic E-state index is -1.27. The molecule has 130 valence electrons. The third-order valence-electron chi connectivity index (χ3n) is 4.23. The van der Waals surface area contributed by atoms with E-state index in [4.69, 9.17) is 4.74 Å². The number of aromatic carboxylic acids is 2. The highest BCUT2D eigenvalue weighted by Crippen LogP contribution is 2.40. The second kappa shape index (κ2) is 5.89. The minimum Gasteiger partial charge on any atom is -0.497 e. The molecule has 0 spiro atoms. The average molecular weight is 367 g/mol. The first-order valence-corrected chi connectivity index (χ1v) is 8.51. The number of carboxylic acid groups (broad SMARTS) is 2. The van der Waals surface area contributed by atoms with Crippen molar-refractivity contribution >= 4 is 38.3 Å². The number of hydrogen-bond donors (Lipinski definition) is 2. The minimum absolute atomic E-state index is 0.190. The molecule has 0 amide bonds. The molecule has 7 heteroatoms. The molecular formula is C19H13NO5S. The second-order valence-corrected chi connectivity index (χ2v) is 6.68. The van der Waals surface area contributed by atoms with Gasteiger partial charge in [-0.05, 0) is 42.0 Å². The standard InChI is InChI=1S/C19H13NO5S/c1-25-11-8-6-10(7-9-11)16-14(18(21)22)15(19(23)24)17-20(16)12-4-2-3-5-13(12)26-17/h2-9H,1H3,(H,21,22)(H,23,24). The van der Waals surface area contributed by atoms with E-state index >= 15 is 0 Å². The van der Waals surface area contributed by atoms with Gasteiger partial charge in [0.1, 0.15) is 21.7 Å². The summed E-state index contributed by atoms with van der Waals surface area (Å²) in [6.07, 6.45) is 0. The number of carboxylic acids is 2. The van der Waals surface area contributed by atoms with Crippen LogP contribution in [0.1, 0.15) is 20.7 Å². The van der Waals surface area contributed by atoms with E-state index in [0.717, 1.165) is 10.2 Å². The monoisotopic (exact) mass is 367 g/mol. The molecule has 0 aliphatic heterocycles. The van der Waals surface area contributed by atoms with Crippen molar-refractivity contribution in [3.8, 4) is 17.0 Å². The van der Waals surface area contributed by atoms with Gasteiger partial charge in [0.25, 0.3) is 0 Å². The van der Waals surface area contributed by atoms with Gasteiger partial charge in [-0.15, -0.1) is 11.3 Å². The Balaban J connectivity index is 2.19. The Hall–Kier alpha value is -3.32. The van der Waals surface area contributed by atoms with Crippen LogP contribution in [0.25, 0.3) is 26.3 Å². The number of benzene rings is 2. The Kier molecular flexibility index (Phi) is 3.66. The predicted octanol–water partition coefficient (Wildman–Crippen LogP) is 4.23. The van der Waals surface area contributed by atoms with Gasteiger partial charge in [-0.2, -0.15) is 0 Å². The summed E-state index contributed by atoms with van der Waals surface area (Å²) in [5, 5.41) is 19.4. The molecule has 2 aromatic heterocycles. The van der Waals surface area contributed by atoms with Gasteiger partial charge >= 0.3 is 11.9 Å². The van der Waals surface area contributed by atoms with Gasteiger partial charge in [0.2, 0.25) is 0 Å². The van der Waals surface area contributed by atoms with Crippen LogP contribution in [0.5, 0.6) is 5.75 Å². The van der Waals surface area contributed by atoms with Crippen molar-refractivity contribution in [2.75, 3.05) is 7.11 Å². The van der Waals surface area contributed by atoms with Crippen LogP contribution >= 0.6 is 11.3 Å². The highest BCUT2D eigenvalue weighted by atomic mass is 32.1. The van der Waals surface area contributed by atoms with Crippen molar-refractivity contribution in [1.82, 2.24) is 4.40 Å². The van der Waals surface area contributed by atoms with Crippen LogP contribution < -0.4 is 4.74 Å². The number of thiazole rings is 1. The summed E-state index contributed by atoms with van der Waals surface area (Å²) in [5.74, 6) is -1.90. The van der Waals surface area contributed by atoms with Crippen molar-refractivity contribution in [3.63, 3.8) is 0 Å². The van der Waals surface area contributed by atoms with Gasteiger partial charge in [0, 0.05) is 0 Å².